The van der Waals surface area contributed by atoms with Crippen molar-refractivity contribution in [1.82, 2.24) is 5.32 Å². The summed E-state index contributed by atoms with van der Waals surface area (Å²) in [5.41, 5.74) is 0.471. The molecule has 1 saturated heterocycles. The molecule has 1 fully saturated rings. The zero-order valence-corrected chi connectivity index (χ0v) is 10.2. The highest BCUT2D eigenvalue weighted by Gasteiger charge is 2.22. The molecule has 1 heterocycles. The second-order valence-corrected chi connectivity index (χ2v) is 4.62. The van der Waals surface area contributed by atoms with E-state index in [4.69, 9.17) is 0 Å². The lowest BCUT2D eigenvalue weighted by molar-refractivity contribution is -0.117. The third kappa shape index (κ3) is 2.59. The van der Waals surface area contributed by atoms with Gasteiger partial charge in [0.1, 0.15) is 5.82 Å². The summed E-state index contributed by atoms with van der Waals surface area (Å²) in [7, 11) is 0. The molecule has 3 nitrogen and oxygen atoms in total. The van der Waals surface area contributed by atoms with Crippen LogP contribution in [0.5, 0.6) is 0 Å². The zero-order chi connectivity index (χ0) is 11.5. The van der Waals surface area contributed by atoms with E-state index in [9.17, 15) is 9.18 Å². The van der Waals surface area contributed by atoms with Crippen LogP contribution >= 0.6 is 15.9 Å². The van der Waals surface area contributed by atoms with Gasteiger partial charge in [-0.2, -0.15) is 0 Å². The van der Waals surface area contributed by atoms with Crippen molar-refractivity contribution in [1.29, 1.82) is 0 Å². The predicted octanol–water partition coefficient (Wildman–Crippen LogP) is 2.28. The Morgan fingerprint density at radius 3 is 3.06 bits per heavy atom. The van der Waals surface area contributed by atoms with Crippen molar-refractivity contribution in [2.24, 2.45) is 0 Å². The highest BCUT2D eigenvalue weighted by Crippen LogP contribution is 2.23. The maximum atomic E-state index is 13.0. The Morgan fingerprint density at radius 1 is 1.56 bits per heavy atom. The van der Waals surface area contributed by atoms with Gasteiger partial charge in [0.15, 0.2) is 0 Å². The molecule has 0 unspecified atom stereocenters. The summed E-state index contributed by atoms with van der Waals surface area (Å²) >= 11 is 3.27. The summed E-state index contributed by atoms with van der Waals surface area (Å²) in [6.07, 6.45) is 1.83. The number of benzene rings is 1. The highest BCUT2D eigenvalue weighted by molar-refractivity contribution is 9.10. The Morgan fingerprint density at radius 2 is 2.38 bits per heavy atom. The second-order valence-electron chi connectivity index (χ2n) is 3.76. The van der Waals surface area contributed by atoms with Crippen LogP contribution in [0.3, 0.4) is 0 Å². The molecule has 1 aliphatic heterocycles. The van der Waals surface area contributed by atoms with Crippen molar-refractivity contribution in [3.63, 3.8) is 0 Å². The number of nitrogens with one attached hydrogen (secondary N) is 2. The van der Waals surface area contributed by atoms with Gasteiger partial charge in [-0.3, -0.25) is 4.79 Å². The Hall–Kier alpha value is -0.940. The summed E-state index contributed by atoms with van der Waals surface area (Å²) in [4.78, 5) is 11.8. The first kappa shape index (κ1) is 11.5. The number of halogens is 2. The van der Waals surface area contributed by atoms with Crippen LogP contribution < -0.4 is 10.6 Å². The molecule has 1 amide bonds. The lowest BCUT2D eigenvalue weighted by atomic mass is 10.2. The summed E-state index contributed by atoms with van der Waals surface area (Å²) < 4.78 is 13.7. The van der Waals surface area contributed by atoms with Gasteiger partial charge in [-0.25, -0.2) is 4.39 Å². The van der Waals surface area contributed by atoms with Crippen molar-refractivity contribution in [3.8, 4) is 0 Å². The van der Waals surface area contributed by atoms with Crippen LogP contribution in [0.1, 0.15) is 12.8 Å². The van der Waals surface area contributed by atoms with Crippen LogP contribution in [0.4, 0.5) is 10.1 Å². The number of carbonyl (C=O) groups is 1. The predicted molar refractivity (Wildman–Crippen MR) is 63.8 cm³/mol. The first-order valence-corrected chi connectivity index (χ1v) is 5.95. The minimum atomic E-state index is -0.363. The van der Waals surface area contributed by atoms with Gasteiger partial charge in [-0.15, -0.1) is 0 Å². The molecular weight excluding hydrogens is 275 g/mol. The van der Waals surface area contributed by atoms with E-state index in [1.54, 1.807) is 6.07 Å². The van der Waals surface area contributed by atoms with Gasteiger partial charge in [-0.1, -0.05) is 0 Å². The van der Waals surface area contributed by atoms with Crippen molar-refractivity contribution in [3.05, 3.63) is 28.5 Å². The van der Waals surface area contributed by atoms with Gasteiger partial charge >= 0.3 is 0 Å². The molecule has 1 aromatic rings. The molecule has 5 heteroatoms. The maximum absolute atomic E-state index is 13.0. The van der Waals surface area contributed by atoms with Gasteiger partial charge < -0.3 is 10.6 Å². The van der Waals surface area contributed by atoms with E-state index in [2.05, 4.69) is 26.6 Å². The van der Waals surface area contributed by atoms with Crippen LogP contribution in [0.25, 0.3) is 0 Å². The number of rotatable bonds is 2. The molecule has 1 aromatic carbocycles. The fourth-order valence-corrected chi connectivity index (χ4v) is 2.07. The fraction of sp³-hybridized carbons (Fsp3) is 0.364. The quantitative estimate of drug-likeness (QED) is 0.876. The third-order valence-electron chi connectivity index (χ3n) is 2.56. The Kier molecular flexibility index (Phi) is 3.56. The van der Waals surface area contributed by atoms with Crippen molar-refractivity contribution >= 4 is 27.5 Å². The van der Waals surface area contributed by atoms with Crippen molar-refractivity contribution < 1.29 is 9.18 Å². The number of hydrogen-bond donors (Lipinski definition) is 2. The van der Waals surface area contributed by atoms with E-state index in [0.29, 0.717) is 10.2 Å². The first-order valence-electron chi connectivity index (χ1n) is 5.16. The monoisotopic (exact) mass is 286 g/mol. The van der Waals surface area contributed by atoms with Gasteiger partial charge in [-0.05, 0) is 53.5 Å². The van der Waals surface area contributed by atoms with E-state index in [0.717, 1.165) is 19.4 Å². The zero-order valence-electron chi connectivity index (χ0n) is 8.59. The van der Waals surface area contributed by atoms with Gasteiger partial charge in [0.25, 0.3) is 0 Å². The number of amides is 1. The standard InChI is InChI=1S/C11H12BrFN2O/c12-8-4-3-7(13)6-10(8)15-11(16)9-2-1-5-14-9/h3-4,6,9,14H,1-2,5H2,(H,15,16)/t9-/m1/s1. The molecule has 2 rings (SSSR count). The van der Waals surface area contributed by atoms with E-state index < -0.39 is 0 Å². The Bertz CT molecular complexity index is 405. The molecular formula is C11H12BrFN2O. The fourth-order valence-electron chi connectivity index (χ4n) is 1.72. The topological polar surface area (TPSA) is 41.1 Å². The lowest BCUT2D eigenvalue weighted by Crippen LogP contribution is -2.35. The third-order valence-corrected chi connectivity index (χ3v) is 3.25. The van der Waals surface area contributed by atoms with Crippen molar-refractivity contribution in [2.45, 2.75) is 18.9 Å². The van der Waals surface area contributed by atoms with Gasteiger partial charge in [0.05, 0.1) is 11.7 Å². The lowest BCUT2D eigenvalue weighted by Gasteiger charge is -2.12. The van der Waals surface area contributed by atoms with E-state index >= 15 is 0 Å². The van der Waals surface area contributed by atoms with E-state index in [1.807, 2.05) is 0 Å². The smallest absolute Gasteiger partial charge is 0.241 e. The summed E-state index contributed by atoms with van der Waals surface area (Å²) in [6.45, 7) is 0.863. The molecule has 2 N–H and O–H groups in total. The molecule has 0 aliphatic carbocycles. The number of hydrogen-bond acceptors (Lipinski definition) is 2. The van der Waals surface area contributed by atoms with Gasteiger partial charge in [0, 0.05) is 4.47 Å². The number of anilines is 1. The Balaban J connectivity index is 2.07. The molecule has 16 heavy (non-hydrogen) atoms. The molecule has 0 spiro atoms. The largest absolute Gasteiger partial charge is 0.324 e. The molecule has 0 bridgehead atoms. The summed E-state index contributed by atoms with van der Waals surface area (Å²) in [5, 5.41) is 5.79. The maximum Gasteiger partial charge on any atom is 0.241 e. The molecule has 1 atom stereocenters. The van der Waals surface area contributed by atoms with E-state index in [1.165, 1.54) is 12.1 Å². The second kappa shape index (κ2) is 4.93. The van der Waals surface area contributed by atoms with Gasteiger partial charge in [0.2, 0.25) is 5.91 Å². The normalized spacial score (nSPS) is 19.8. The summed E-state index contributed by atoms with van der Waals surface area (Å²) in [6, 6.07) is 4.06. The molecule has 0 aromatic heterocycles. The van der Waals surface area contributed by atoms with Crippen LogP contribution in [-0.2, 0) is 4.79 Å². The molecule has 86 valence electrons. The average molecular weight is 287 g/mol. The Labute approximate surface area is 102 Å². The SMILES string of the molecule is O=C(Nc1cc(F)ccc1Br)[C@H]1CCCN1. The van der Waals surface area contributed by atoms with Crippen LogP contribution in [-0.4, -0.2) is 18.5 Å². The summed E-state index contributed by atoms with van der Waals surface area (Å²) in [5.74, 6) is -0.471. The minimum absolute atomic E-state index is 0.108. The number of carbonyl (C=O) groups excluding carboxylic acids is 1. The average Bonchev–Trinajstić information content (AvgIpc) is 2.76. The molecule has 0 saturated carbocycles. The first-order chi connectivity index (χ1) is 7.66. The van der Waals surface area contributed by atoms with E-state index in [-0.39, 0.29) is 17.8 Å². The molecule has 1 aliphatic rings. The van der Waals surface area contributed by atoms with Crippen LogP contribution in [0.15, 0.2) is 22.7 Å². The van der Waals surface area contributed by atoms with Crippen molar-refractivity contribution in [2.75, 3.05) is 11.9 Å². The highest BCUT2D eigenvalue weighted by atomic mass is 79.9. The molecule has 0 radical (unpaired) electrons. The minimum Gasteiger partial charge on any atom is -0.324 e. The van der Waals surface area contributed by atoms with Crippen LogP contribution in [0, 0.1) is 5.82 Å². The van der Waals surface area contributed by atoms with Crippen LogP contribution in [0.2, 0.25) is 0 Å².